The standard InChI is InChI=1S/C11H12F5NO2/c1-17-4-6-2-7(12)10(8(13)3-6)19-5-9(18)11(14,15)16/h2-3,9,17-18H,4-5H2,1H3. The Morgan fingerprint density at radius 1 is 1.26 bits per heavy atom. The Bertz CT molecular complexity index is 413. The van der Waals surface area contributed by atoms with E-state index in [0.29, 0.717) is 0 Å². The maximum atomic E-state index is 13.4. The Hall–Kier alpha value is -1.41. The van der Waals surface area contributed by atoms with E-state index in [-0.39, 0.29) is 12.1 Å². The van der Waals surface area contributed by atoms with Crippen LogP contribution in [0.5, 0.6) is 5.75 Å². The SMILES string of the molecule is CNCc1cc(F)c(OCC(O)C(F)(F)F)c(F)c1. The highest BCUT2D eigenvalue weighted by Gasteiger charge is 2.39. The lowest BCUT2D eigenvalue weighted by molar-refractivity contribution is -0.211. The largest absolute Gasteiger partial charge is 0.484 e. The van der Waals surface area contributed by atoms with Crippen molar-refractivity contribution in [2.75, 3.05) is 13.7 Å². The fraction of sp³-hybridized carbons (Fsp3) is 0.455. The summed E-state index contributed by atoms with van der Waals surface area (Å²) in [5.41, 5.74) is 0.279. The molecule has 0 aromatic heterocycles. The number of nitrogens with one attached hydrogen (secondary N) is 1. The summed E-state index contributed by atoms with van der Waals surface area (Å²) in [6.07, 6.45) is -7.71. The van der Waals surface area contributed by atoms with E-state index in [1.54, 1.807) is 7.05 Å². The summed E-state index contributed by atoms with van der Waals surface area (Å²) in [6.45, 7) is -1.08. The molecule has 1 atom stereocenters. The smallest absolute Gasteiger partial charge is 0.417 e. The van der Waals surface area contributed by atoms with E-state index >= 15 is 0 Å². The van der Waals surface area contributed by atoms with Gasteiger partial charge in [-0.3, -0.25) is 0 Å². The van der Waals surface area contributed by atoms with Crippen LogP contribution in [0.2, 0.25) is 0 Å². The van der Waals surface area contributed by atoms with Crippen molar-refractivity contribution < 1.29 is 31.8 Å². The maximum Gasteiger partial charge on any atom is 0.417 e. The number of aliphatic hydroxyl groups is 1. The van der Waals surface area contributed by atoms with Crippen molar-refractivity contribution in [3.05, 3.63) is 29.3 Å². The zero-order chi connectivity index (χ0) is 14.6. The Balaban J connectivity index is 2.79. The van der Waals surface area contributed by atoms with Crippen molar-refractivity contribution in [3.8, 4) is 5.75 Å². The molecule has 0 bridgehead atoms. The van der Waals surface area contributed by atoms with E-state index in [0.717, 1.165) is 12.1 Å². The normalized spacial score (nSPS) is 13.4. The van der Waals surface area contributed by atoms with Crippen LogP contribution in [-0.4, -0.2) is 31.0 Å². The minimum absolute atomic E-state index is 0.194. The summed E-state index contributed by atoms with van der Waals surface area (Å²) < 4.78 is 67.2. The summed E-state index contributed by atoms with van der Waals surface area (Å²) in [7, 11) is 1.57. The molecule has 0 saturated heterocycles. The number of rotatable bonds is 5. The van der Waals surface area contributed by atoms with E-state index in [2.05, 4.69) is 10.1 Å². The predicted molar refractivity (Wildman–Crippen MR) is 56.7 cm³/mol. The lowest BCUT2D eigenvalue weighted by Gasteiger charge is -2.16. The lowest BCUT2D eigenvalue weighted by Crippen LogP contribution is -2.34. The van der Waals surface area contributed by atoms with E-state index in [9.17, 15) is 22.0 Å². The van der Waals surface area contributed by atoms with Gasteiger partial charge in [-0.2, -0.15) is 13.2 Å². The molecule has 8 heteroatoms. The van der Waals surface area contributed by atoms with Gasteiger partial charge in [0.25, 0.3) is 0 Å². The molecule has 108 valence electrons. The van der Waals surface area contributed by atoms with Gasteiger partial charge in [0.15, 0.2) is 23.5 Å². The predicted octanol–water partition coefficient (Wildman–Crippen LogP) is 1.99. The summed E-state index contributed by atoms with van der Waals surface area (Å²) in [6, 6.07) is 1.88. The molecule has 0 heterocycles. The van der Waals surface area contributed by atoms with Gasteiger partial charge < -0.3 is 15.2 Å². The second-order valence-electron chi connectivity index (χ2n) is 3.79. The van der Waals surface area contributed by atoms with Crippen molar-refractivity contribution in [2.24, 2.45) is 0 Å². The number of ether oxygens (including phenoxy) is 1. The molecule has 0 aliphatic heterocycles. The molecule has 19 heavy (non-hydrogen) atoms. The van der Waals surface area contributed by atoms with Crippen LogP contribution in [0.4, 0.5) is 22.0 Å². The zero-order valence-corrected chi connectivity index (χ0v) is 9.89. The first-order valence-electron chi connectivity index (χ1n) is 5.25. The molecule has 1 aromatic rings. The Kier molecular flexibility index (Phi) is 5.07. The van der Waals surface area contributed by atoms with E-state index < -0.39 is 36.3 Å². The first kappa shape index (κ1) is 15.6. The molecule has 0 aliphatic rings. The highest BCUT2D eigenvalue weighted by Crippen LogP contribution is 2.25. The average molecular weight is 285 g/mol. The van der Waals surface area contributed by atoms with E-state index in [1.807, 2.05) is 0 Å². The molecule has 0 amide bonds. The van der Waals surface area contributed by atoms with Gasteiger partial charge >= 0.3 is 6.18 Å². The van der Waals surface area contributed by atoms with Crippen LogP contribution in [0.3, 0.4) is 0 Å². The Morgan fingerprint density at radius 3 is 2.21 bits per heavy atom. The van der Waals surface area contributed by atoms with Crippen LogP contribution < -0.4 is 10.1 Å². The quantitative estimate of drug-likeness (QED) is 0.813. The molecule has 0 aliphatic carbocycles. The molecule has 3 nitrogen and oxygen atoms in total. The summed E-state index contributed by atoms with van der Waals surface area (Å²) >= 11 is 0. The van der Waals surface area contributed by atoms with Crippen LogP contribution in [0.1, 0.15) is 5.56 Å². The van der Waals surface area contributed by atoms with Crippen LogP contribution in [0.15, 0.2) is 12.1 Å². The number of benzene rings is 1. The van der Waals surface area contributed by atoms with Gasteiger partial charge in [-0.15, -0.1) is 0 Å². The highest BCUT2D eigenvalue weighted by molar-refractivity contribution is 5.31. The van der Waals surface area contributed by atoms with Crippen molar-refractivity contribution in [3.63, 3.8) is 0 Å². The molecule has 0 spiro atoms. The van der Waals surface area contributed by atoms with Crippen LogP contribution in [-0.2, 0) is 6.54 Å². The monoisotopic (exact) mass is 285 g/mol. The minimum Gasteiger partial charge on any atom is -0.484 e. The number of aliphatic hydroxyl groups excluding tert-OH is 1. The molecule has 1 unspecified atom stereocenters. The number of alkyl halides is 3. The van der Waals surface area contributed by atoms with Crippen molar-refractivity contribution in [1.29, 1.82) is 0 Å². The summed E-state index contributed by atoms with van der Waals surface area (Å²) in [5, 5.41) is 11.3. The fourth-order valence-corrected chi connectivity index (χ4v) is 1.31. The third kappa shape index (κ3) is 4.32. The molecule has 0 fully saturated rings. The molecule has 1 aromatic carbocycles. The van der Waals surface area contributed by atoms with Gasteiger partial charge in [0, 0.05) is 6.54 Å². The number of hydrogen-bond acceptors (Lipinski definition) is 3. The number of hydrogen-bond donors (Lipinski definition) is 2. The molecule has 0 saturated carbocycles. The first-order chi connectivity index (χ1) is 8.75. The van der Waals surface area contributed by atoms with Gasteiger partial charge in [-0.05, 0) is 24.7 Å². The van der Waals surface area contributed by atoms with Gasteiger partial charge in [0.05, 0.1) is 0 Å². The summed E-state index contributed by atoms with van der Waals surface area (Å²) in [4.78, 5) is 0. The zero-order valence-electron chi connectivity index (χ0n) is 9.89. The van der Waals surface area contributed by atoms with Crippen molar-refractivity contribution >= 4 is 0 Å². The molecular weight excluding hydrogens is 273 g/mol. The van der Waals surface area contributed by atoms with Crippen LogP contribution >= 0.6 is 0 Å². The Morgan fingerprint density at radius 2 is 1.79 bits per heavy atom. The fourth-order valence-electron chi connectivity index (χ4n) is 1.31. The Labute approximate surface area is 106 Å². The maximum absolute atomic E-state index is 13.4. The van der Waals surface area contributed by atoms with Crippen molar-refractivity contribution in [2.45, 2.75) is 18.8 Å². The lowest BCUT2D eigenvalue weighted by atomic mass is 10.2. The number of halogens is 5. The third-order valence-electron chi connectivity index (χ3n) is 2.20. The van der Waals surface area contributed by atoms with E-state index in [1.165, 1.54) is 0 Å². The molecular formula is C11H12F5NO2. The topological polar surface area (TPSA) is 41.5 Å². The second kappa shape index (κ2) is 6.16. The van der Waals surface area contributed by atoms with Gasteiger partial charge in [-0.1, -0.05) is 0 Å². The van der Waals surface area contributed by atoms with E-state index in [4.69, 9.17) is 5.11 Å². The first-order valence-corrected chi connectivity index (χ1v) is 5.25. The van der Waals surface area contributed by atoms with Gasteiger partial charge in [-0.25, -0.2) is 8.78 Å². The van der Waals surface area contributed by atoms with Crippen molar-refractivity contribution in [1.82, 2.24) is 5.32 Å². The average Bonchev–Trinajstić information content (AvgIpc) is 2.26. The molecule has 2 N–H and O–H groups in total. The van der Waals surface area contributed by atoms with Crippen LogP contribution in [0, 0.1) is 11.6 Å². The highest BCUT2D eigenvalue weighted by atomic mass is 19.4. The van der Waals surface area contributed by atoms with Gasteiger partial charge in [0.2, 0.25) is 0 Å². The third-order valence-corrected chi connectivity index (χ3v) is 2.20. The minimum atomic E-state index is -4.90. The summed E-state index contributed by atoms with van der Waals surface area (Å²) in [5.74, 6) is -3.19. The van der Waals surface area contributed by atoms with Crippen LogP contribution in [0.25, 0.3) is 0 Å². The van der Waals surface area contributed by atoms with Gasteiger partial charge in [0.1, 0.15) is 6.61 Å². The molecule has 0 radical (unpaired) electrons. The molecule has 1 rings (SSSR count). The second-order valence-corrected chi connectivity index (χ2v) is 3.79.